The van der Waals surface area contributed by atoms with Crippen LogP contribution in [0.2, 0.25) is 0 Å². The van der Waals surface area contributed by atoms with Gasteiger partial charge in [0.15, 0.2) is 5.11 Å². The van der Waals surface area contributed by atoms with Crippen LogP contribution in [-0.4, -0.2) is 34.2 Å². The van der Waals surface area contributed by atoms with Gasteiger partial charge in [-0.2, -0.15) is 0 Å². The molecule has 4 rings (SSSR count). The van der Waals surface area contributed by atoms with Gasteiger partial charge in [0.2, 0.25) is 0 Å². The number of thiocarbonyl (C=S) groups is 1. The lowest BCUT2D eigenvalue weighted by Gasteiger charge is -2.53. The largest absolute Gasteiger partial charge is 0.360 e. The molecule has 1 aromatic carbocycles. The number of nitrogens with one attached hydrogen (secondary N) is 2. The third-order valence-electron chi connectivity index (χ3n) is 6.76. The minimum absolute atomic E-state index is 0.522. The normalized spacial score (nSPS) is 30.0. The maximum absolute atomic E-state index is 5.63. The minimum Gasteiger partial charge on any atom is -0.360 e. The Kier molecular flexibility index (Phi) is 5.80. The number of hydrogen-bond acceptors (Lipinski definition) is 2. The van der Waals surface area contributed by atoms with E-state index in [-0.39, 0.29) is 0 Å². The van der Waals surface area contributed by atoms with Gasteiger partial charge >= 0.3 is 0 Å². The highest BCUT2D eigenvalue weighted by atomic mass is 32.1. The zero-order valence-electron chi connectivity index (χ0n) is 16.0. The predicted octanol–water partition coefficient (Wildman–Crippen LogP) is 5.00. The van der Waals surface area contributed by atoms with Crippen LogP contribution in [0.3, 0.4) is 0 Å². The van der Waals surface area contributed by atoms with Crippen LogP contribution in [0.15, 0.2) is 24.3 Å². The summed E-state index contributed by atoms with van der Waals surface area (Å²) in [6.45, 7) is 2.12. The standard InChI is InChI=1S/C22H33N3S/c1-16-8-5-6-13-21(16)24-22(26)23-17-14-19-11-7-12-20(15-17)25(19)18-9-3-2-4-10-18/h5-6,8,13,17-20H,2-4,7,9-12,14-15H2,1H3,(H2,23,24,26)/t19-,20-/m1/s1. The zero-order valence-corrected chi connectivity index (χ0v) is 16.9. The van der Waals surface area contributed by atoms with Gasteiger partial charge in [0.1, 0.15) is 0 Å². The van der Waals surface area contributed by atoms with Gasteiger partial charge in [-0.15, -0.1) is 0 Å². The van der Waals surface area contributed by atoms with Crippen molar-refractivity contribution in [2.24, 2.45) is 0 Å². The average molecular weight is 372 g/mol. The van der Waals surface area contributed by atoms with Crippen LogP contribution >= 0.6 is 12.2 Å². The van der Waals surface area contributed by atoms with Crippen molar-refractivity contribution in [3.8, 4) is 0 Å². The maximum Gasteiger partial charge on any atom is 0.171 e. The Balaban J connectivity index is 1.36. The number of anilines is 1. The summed E-state index contributed by atoms with van der Waals surface area (Å²) < 4.78 is 0. The fourth-order valence-corrected chi connectivity index (χ4v) is 5.84. The summed E-state index contributed by atoms with van der Waals surface area (Å²) in [7, 11) is 0. The number of fused-ring (bicyclic) bond motifs is 2. The van der Waals surface area contributed by atoms with Crippen molar-refractivity contribution in [1.29, 1.82) is 0 Å². The van der Waals surface area contributed by atoms with E-state index in [1.165, 1.54) is 69.8 Å². The number of rotatable bonds is 3. The van der Waals surface area contributed by atoms with Crippen molar-refractivity contribution in [1.82, 2.24) is 10.2 Å². The molecule has 2 aliphatic heterocycles. The molecule has 0 unspecified atom stereocenters. The molecule has 2 bridgehead atoms. The zero-order chi connectivity index (χ0) is 17.9. The summed E-state index contributed by atoms with van der Waals surface area (Å²) in [4.78, 5) is 2.94. The van der Waals surface area contributed by atoms with Crippen molar-refractivity contribution in [3.63, 3.8) is 0 Å². The quantitative estimate of drug-likeness (QED) is 0.731. The van der Waals surface area contributed by atoms with Crippen molar-refractivity contribution in [3.05, 3.63) is 29.8 Å². The maximum atomic E-state index is 5.63. The molecule has 3 fully saturated rings. The first-order valence-corrected chi connectivity index (χ1v) is 11.0. The number of para-hydroxylation sites is 1. The Morgan fingerprint density at radius 1 is 0.923 bits per heavy atom. The van der Waals surface area contributed by atoms with Crippen molar-refractivity contribution in [2.75, 3.05) is 5.32 Å². The molecule has 0 radical (unpaired) electrons. The van der Waals surface area contributed by atoms with Gasteiger partial charge in [0.25, 0.3) is 0 Å². The summed E-state index contributed by atoms with van der Waals surface area (Å²) in [6.07, 6.45) is 13.9. The van der Waals surface area contributed by atoms with Gasteiger partial charge in [0.05, 0.1) is 0 Å². The molecular formula is C22H33N3S. The van der Waals surface area contributed by atoms with Crippen LogP contribution in [-0.2, 0) is 0 Å². The monoisotopic (exact) mass is 371 g/mol. The molecule has 1 aliphatic carbocycles. The van der Waals surface area contributed by atoms with Crippen LogP contribution in [0.4, 0.5) is 5.69 Å². The van der Waals surface area contributed by atoms with E-state index in [1.807, 2.05) is 0 Å². The van der Waals surface area contributed by atoms with Gasteiger partial charge in [-0.1, -0.05) is 43.9 Å². The van der Waals surface area contributed by atoms with E-state index < -0.39 is 0 Å². The molecule has 2 atom stereocenters. The Hall–Kier alpha value is -1.13. The Morgan fingerprint density at radius 3 is 2.27 bits per heavy atom. The SMILES string of the molecule is Cc1ccccc1NC(=S)NC1C[C@H]2CCC[C@H](C1)N2C1CCCCC1. The molecule has 1 saturated carbocycles. The van der Waals surface area contributed by atoms with E-state index in [0.717, 1.165) is 28.9 Å². The van der Waals surface area contributed by atoms with E-state index in [4.69, 9.17) is 12.2 Å². The molecule has 3 aliphatic rings. The van der Waals surface area contributed by atoms with E-state index in [1.54, 1.807) is 0 Å². The van der Waals surface area contributed by atoms with Gasteiger partial charge in [0, 0.05) is 29.9 Å². The van der Waals surface area contributed by atoms with Gasteiger partial charge in [-0.25, -0.2) is 0 Å². The molecule has 142 valence electrons. The first kappa shape index (κ1) is 18.2. The molecule has 2 heterocycles. The van der Waals surface area contributed by atoms with Gasteiger partial charge < -0.3 is 10.6 Å². The lowest BCUT2D eigenvalue weighted by molar-refractivity contribution is -0.0195. The fraction of sp³-hybridized carbons (Fsp3) is 0.682. The smallest absolute Gasteiger partial charge is 0.171 e. The Morgan fingerprint density at radius 2 is 1.58 bits per heavy atom. The van der Waals surface area contributed by atoms with E-state index in [9.17, 15) is 0 Å². The Labute approximate surface area is 163 Å². The summed E-state index contributed by atoms with van der Waals surface area (Å²) in [5, 5.41) is 7.83. The second-order valence-corrected chi connectivity index (χ2v) is 8.97. The van der Waals surface area contributed by atoms with Gasteiger partial charge in [-0.3, -0.25) is 4.90 Å². The summed E-state index contributed by atoms with van der Waals surface area (Å²) >= 11 is 5.63. The fourth-order valence-electron chi connectivity index (χ4n) is 5.57. The molecule has 0 spiro atoms. The summed E-state index contributed by atoms with van der Waals surface area (Å²) in [6, 6.07) is 11.3. The van der Waals surface area contributed by atoms with Crippen LogP contribution in [0.5, 0.6) is 0 Å². The second-order valence-electron chi connectivity index (χ2n) is 8.56. The van der Waals surface area contributed by atoms with Crippen molar-refractivity contribution < 1.29 is 0 Å². The molecular weight excluding hydrogens is 338 g/mol. The molecule has 0 aromatic heterocycles. The molecule has 1 aromatic rings. The number of nitrogens with zero attached hydrogens (tertiary/aromatic N) is 1. The molecule has 26 heavy (non-hydrogen) atoms. The first-order valence-electron chi connectivity index (χ1n) is 10.6. The average Bonchev–Trinajstić information content (AvgIpc) is 2.63. The molecule has 3 nitrogen and oxygen atoms in total. The number of aryl methyl sites for hydroxylation is 1. The second kappa shape index (κ2) is 8.26. The molecule has 0 amide bonds. The highest BCUT2D eigenvalue weighted by molar-refractivity contribution is 7.80. The van der Waals surface area contributed by atoms with Crippen LogP contribution in [0, 0.1) is 6.92 Å². The first-order chi connectivity index (χ1) is 12.7. The predicted molar refractivity (Wildman–Crippen MR) is 114 cm³/mol. The van der Waals surface area contributed by atoms with E-state index in [0.29, 0.717) is 6.04 Å². The third kappa shape index (κ3) is 4.07. The number of piperidine rings is 2. The lowest BCUT2D eigenvalue weighted by Crippen LogP contribution is -2.60. The van der Waals surface area contributed by atoms with Crippen LogP contribution in [0.1, 0.15) is 69.8 Å². The van der Waals surface area contributed by atoms with Crippen molar-refractivity contribution in [2.45, 2.75) is 95.3 Å². The number of benzene rings is 1. The highest BCUT2D eigenvalue weighted by Crippen LogP contribution is 2.39. The topological polar surface area (TPSA) is 27.3 Å². The van der Waals surface area contributed by atoms with Crippen molar-refractivity contribution >= 4 is 23.0 Å². The van der Waals surface area contributed by atoms with E-state index in [2.05, 4.69) is 46.7 Å². The van der Waals surface area contributed by atoms with Gasteiger partial charge in [-0.05, 0) is 69.3 Å². The highest BCUT2D eigenvalue weighted by Gasteiger charge is 2.41. The lowest BCUT2D eigenvalue weighted by atomic mass is 9.78. The summed E-state index contributed by atoms with van der Waals surface area (Å²) in [5.74, 6) is 0. The Bertz CT molecular complexity index is 612. The molecule has 2 N–H and O–H groups in total. The van der Waals surface area contributed by atoms with Crippen LogP contribution < -0.4 is 10.6 Å². The summed E-state index contributed by atoms with van der Waals surface area (Å²) in [5.41, 5.74) is 2.35. The molecule has 2 saturated heterocycles. The minimum atomic E-state index is 0.522. The van der Waals surface area contributed by atoms with E-state index >= 15 is 0 Å². The third-order valence-corrected chi connectivity index (χ3v) is 6.98. The number of hydrogen-bond donors (Lipinski definition) is 2. The molecule has 4 heteroatoms. The van der Waals surface area contributed by atoms with Crippen LogP contribution in [0.25, 0.3) is 0 Å².